The number of unbranched alkanes of at least 4 members (excludes halogenated alkanes) is 29. The second-order valence-corrected chi connectivity index (χ2v) is 18.6. The van der Waals surface area contributed by atoms with Gasteiger partial charge in [-0.2, -0.15) is 0 Å². The third-order valence-corrected chi connectivity index (χ3v) is 11.2. The molecule has 0 aromatic rings. The van der Waals surface area contributed by atoms with Gasteiger partial charge in [0.15, 0.2) is 6.10 Å². The Morgan fingerprint density at radius 1 is 0.418 bits per heavy atom. The summed E-state index contributed by atoms with van der Waals surface area (Å²) in [4.78, 5) is 43.0. The lowest BCUT2D eigenvalue weighted by atomic mass is 10.0. The molecule has 9 heteroatoms. The van der Waals surface area contributed by atoms with Crippen molar-refractivity contribution >= 4 is 19.8 Å². The fraction of sp³-hybridized carbons (Fsp3) is 0.957. The highest BCUT2D eigenvalue weighted by Gasteiger charge is 2.23. The molecule has 0 unspecified atom stereocenters. The molecule has 0 spiro atoms. The highest BCUT2D eigenvalue weighted by Crippen LogP contribution is 2.36. The maximum atomic E-state index is 12.4. The number of hydrogen-bond donors (Lipinski definition) is 2. The number of ether oxygens (including phenoxy) is 2. The van der Waals surface area contributed by atoms with Crippen molar-refractivity contribution in [1.29, 1.82) is 0 Å². The van der Waals surface area contributed by atoms with Crippen LogP contribution < -0.4 is 0 Å². The minimum Gasteiger partial charge on any atom is -0.462 e. The molecular formula is C46H91O8P. The molecule has 0 aliphatic carbocycles. The summed E-state index contributed by atoms with van der Waals surface area (Å²) in [7, 11) is -4.75. The van der Waals surface area contributed by atoms with Crippen molar-refractivity contribution in [2.24, 2.45) is 11.8 Å². The van der Waals surface area contributed by atoms with Crippen LogP contribution in [0.2, 0.25) is 0 Å². The SMILES string of the molecule is CC(C)CCCCCCCCCCCCCCCCCCC(=O)O[C@H](COC(=O)CCCCCCCCCCCCCCCCCC(C)C)COP(=O)(O)O. The smallest absolute Gasteiger partial charge is 0.462 e. The molecule has 8 nitrogen and oxygen atoms in total. The standard InChI is InChI=1S/C46H91O8P/c1-42(2)36-32-28-24-20-16-12-8-5-6-10-15-19-23-27-31-35-39-46(48)54-44(41-53-55(49,50)51)40-52-45(47)38-34-30-26-22-18-14-11-7-9-13-17-21-25-29-33-37-43(3)4/h42-44H,5-41H2,1-4H3,(H2,49,50,51)/t44-/m1/s1. The first-order chi connectivity index (χ1) is 26.5. The predicted molar refractivity (Wildman–Crippen MR) is 230 cm³/mol. The van der Waals surface area contributed by atoms with Gasteiger partial charge in [-0.3, -0.25) is 14.1 Å². The van der Waals surface area contributed by atoms with Gasteiger partial charge in [0.2, 0.25) is 0 Å². The highest BCUT2D eigenvalue weighted by atomic mass is 31.2. The lowest BCUT2D eigenvalue weighted by molar-refractivity contribution is -0.161. The monoisotopic (exact) mass is 803 g/mol. The zero-order valence-corrected chi connectivity index (χ0v) is 37.6. The van der Waals surface area contributed by atoms with Gasteiger partial charge in [-0.25, -0.2) is 4.57 Å². The van der Waals surface area contributed by atoms with Crippen LogP contribution in [0.1, 0.15) is 252 Å². The largest absolute Gasteiger partial charge is 0.469 e. The summed E-state index contributed by atoms with van der Waals surface area (Å²) in [5.74, 6) is 0.813. The summed E-state index contributed by atoms with van der Waals surface area (Å²) in [6.45, 7) is 8.43. The van der Waals surface area contributed by atoms with E-state index in [0.717, 1.165) is 43.9 Å². The van der Waals surface area contributed by atoms with E-state index in [9.17, 15) is 14.2 Å². The predicted octanol–water partition coefficient (Wildman–Crippen LogP) is 14.5. The molecule has 1 atom stereocenters. The van der Waals surface area contributed by atoms with Gasteiger partial charge in [0.05, 0.1) is 6.61 Å². The summed E-state index contributed by atoms with van der Waals surface area (Å²) >= 11 is 0. The molecule has 0 heterocycles. The quantitative estimate of drug-likeness (QED) is 0.0355. The molecule has 0 saturated heterocycles. The van der Waals surface area contributed by atoms with Crippen molar-refractivity contribution in [2.45, 2.75) is 259 Å². The average Bonchev–Trinajstić information content (AvgIpc) is 3.12. The Morgan fingerprint density at radius 3 is 0.982 bits per heavy atom. The molecule has 0 fully saturated rings. The van der Waals surface area contributed by atoms with Crippen LogP contribution in [-0.2, 0) is 28.2 Å². The summed E-state index contributed by atoms with van der Waals surface area (Å²) < 4.78 is 26.5. The second-order valence-electron chi connectivity index (χ2n) is 17.4. The Labute approximate surface area is 340 Å². The zero-order chi connectivity index (χ0) is 40.7. The molecule has 0 aliphatic rings. The van der Waals surface area contributed by atoms with Gasteiger partial charge >= 0.3 is 19.8 Å². The Bertz CT molecular complexity index is 889. The summed E-state index contributed by atoms with van der Waals surface area (Å²) in [6, 6.07) is 0. The molecule has 0 bridgehead atoms. The van der Waals surface area contributed by atoms with Crippen molar-refractivity contribution in [3.63, 3.8) is 0 Å². The van der Waals surface area contributed by atoms with Crippen LogP contribution in [0.3, 0.4) is 0 Å². The number of rotatable bonds is 43. The minimum atomic E-state index is -4.75. The molecule has 2 N–H and O–H groups in total. The Kier molecular flexibility index (Phi) is 39.2. The molecule has 328 valence electrons. The number of carbonyl (C=O) groups excluding carboxylic acids is 2. The van der Waals surface area contributed by atoms with E-state index in [1.807, 2.05) is 0 Å². The van der Waals surface area contributed by atoms with Gasteiger partial charge in [-0.05, 0) is 24.7 Å². The van der Waals surface area contributed by atoms with E-state index < -0.39 is 32.5 Å². The van der Waals surface area contributed by atoms with Crippen LogP contribution in [0.25, 0.3) is 0 Å². The van der Waals surface area contributed by atoms with E-state index in [2.05, 4.69) is 32.2 Å². The first-order valence-corrected chi connectivity index (χ1v) is 25.1. The molecule has 0 rings (SSSR count). The van der Waals surface area contributed by atoms with E-state index in [1.165, 1.54) is 173 Å². The highest BCUT2D eigenvalue weighted by molar-refractivity contribution is 7.46. The fourth-order valence-corrected chi connectivity index (χ4v) is 7.58. The lowest BCUT2D eigenvalue weighted by Crippen LogP contribution is -2.29. The van der Waals surface area contributed by atoms with Crippen molar-refractivity contribution in [3.8, 4) is 0 Å². The second kappa shape index (κ2) is 39.9. The van der Waals surface area contributed by atoms with Crippen molar-refractivity contribution in [3.05, 3.63) is 0 Å². The van der Waals surface area contributed by atoms with Gasteiger partial charge < -0.3 is 19.3 Å². The third-order valence-electron chi connectivity index (χ3n) is 10.7. The summed E-state index contributed by atoms with van der Waals surface area (Å²) in [5.41, 5.74) is 0. The van der Waals surface area contributed by atoms with Crippen LogP contribution >= 0.6 is 7.82 Å². The van der Waals surface area contributed by atoms with Gasteiger partial charge in [-0.15, -0.1) is 0 Å². The van der Waals surface area contributed by atoms with Gasteiger partial charge in [0.1, 0.15) is 6.61 Å². The molecular weight excluding hydrogens is 711 g/mol. The van der Waals surface area contributed by atoms with Gasteiger partial charge in [0, 0.05) is 12.8 Å². The van der Waals surface area contributed by atoms with Crippen molar-refractivity contribution < 1.29 is 37.9 Å². The molecule has 0 aliphatic heterocycles. The topological polar surface area (TPSA) is 119 Å². The maximum Gasteiger partial charge on any atom is 0.469 e. The van der Waals surface area contributed by atoms with E-state index in [-0.39, 0.29) is 19.4 Å². The van der Waals surface area contributed by atoms with Crippen LogP contribution in [0, 0.1) is 11.8 Å². The third kappa shape index (κ3) is 45.6. The number of esters is 2. The van der Waals surface area contributed by atoms with Gasteiger partial charge in [0.25, 0.3) is 0 Å². The fourth-order valence-electron chi connectivity index (χ4n) is 7.22. The molecule has 55 heavy (non-hydrogen) atoms. The number of carbonyl (C=O) groups is 2. The number of hydrogen-bond acceptors (Lipinski definition) is 6. The molecule has 0 saturated carbocycles. The van der Waals surface area contributed by atoms with Crippen LogP contribution in [0.15, 0.2) is 0 Å². The number of phosphoric ester groups is 1. The summed E-state index contributed by atoms with van der Waals surface area (Å²) in [6.07, 6.45) is 41.2. The normalized spacial score (nSPS) is 12.5. The average molecular weight is 803 g/mol. The first-order valence-electron chi connectivity index (χ1n) is 23.5. The molecule has 0 amide bonds. The zero-order valence-electron chi connectivity index (χ0n) is 36.7. The van der Waals surface area contributed by atoms with Crippen LogP contribution in [0.4, 0.5) is 0 Å². The lowest BCUT2D eigenvalue weighted by Gasteiger charge is -2.18. The van der Waals surface area contributed by atoms with E-state index in [1.54, 1.807) is 0 Å². The first kappa shape index (κ1) is 54.0. The molecule has 0 aromatic heterocycles. The van der Waals surface area contributed by atoms with Crippen molar-refractivity contribution in [1.82, 2.24) is 0 Å². The maximum absolute atomic E-state index is 12.4. The number of phosphoric acid groups is 1. The minimum absolute atomic E-state index is 0.219. The summed E-state index contributed by atoms with van der Waals surface area (Å²) in [5, 5.41) is 0. The van der Waals surface area contributed by atoms with Gasteiger partial charge in [-0.1, -0.05) is 227 Å². The Morgan fingerprint density at radius 2 is 0.691 bits per heavy atom. The van der Waals surface area contributed by atoms with E-state index in [4.69, 9.17) is 19.3 Å². The molecule has 0 aromatic carbocycles. The Balaban J connectivity index is 3.81. The van der Waals surface area contributed by atoms with E-state index in [0.29, 0.717) is 6.42 Å². The van der Waals surface area contributed by atoms with Crippen LogP contribution in [-0.4, -0.2) is 41.0 Å². The van der Waals surface area contributed by atoms with Crippen molar-refractivity contribution in [2.75, 3.05) is 13.2 Å². The Hall–Kier alpha value is -0.950. The van der Waals surface area contributed by atoms with E-state index >= 15 is 0 Å². The molecule has 0 radical (unpaired) electrons. The van der Waals surface area contributed by atoms with Crippen LogP contribution in [0.5, 0.6) is 0 Å².